The second-order valence-electron chi connectivity index (χ2n) is 9.37. The van der Waals surface area contributed by atoms with Crippen molar-refractivity contribution in [1.82, 2.24) is 10.2 Å². The van der Waals surface area contributed by atoms with Crippen molar-refractivity contribution in [3.05, 3.63) is 34.9 Å². The van der Waals surface area contributed by atoms with Gasteiger partial charge in [0.1, 0.15) is 6.04 Å². The van der Waals surface area contributed by atoms with Crippen molar-refractivity contribution in [2.75, 3.05) is 0 Å². The first kappa shape index (κ1) is 19.5. The van der Waals surface area contributed by atoms with E-state index in [0.29, 0.717) is 11.1 Å². The van der Waals surface area contributed by atoms with Crippen LogP contribution in [0.3, 0.4) is 0 Å². The van der Waals surface area contributed by atoms with E-state index in [1.807, 2.05) is 12.1 Å². The lowest BCUT2D eigenvalue weighted by molar-refractivity contribution is -0.136. The van der Waals surface area contributed by atoms with Gasteiger partial charge in [-0.3, -0.25) is 29.4 Å². The zero-order chi connectivity index (χ0) is 20.8. The molecule has 1 atom stereocenters. The number of piperidine rings is 1. The molecule has 0 bridgehead atoms. The van der Waals surface area contributed by atoms with Crippen molar-refractivity contribution in [3.63, 3.8) is 0 Å². The molecule has 4 amide bonds. The molecular weight excluding hydrogens is 380 g/mol. The van der Waals surface area contributed by atoms with Crippen LogP contribution >= 0.6 is 0 Å². The van der Waals surface area contributed by atoms with Crippen LogP contribution in [-0.4, -0.2) is 34.6 Å². The number of nitrogens with one attached hydrogen (secondary N) is 1. The molecule has 3 fully saturated rings. The van der Waals surface area contributed by atoms with Gasteiger partial charge in [-0.05, 0) is 61.5 Å². The molecule has 1 aromatic carbocycles. The van der Waals surface area contributed by atoms with E-state index in [9.17, 15) is 19.2 Å². The minimum absolute atomic E-state index is 0.141. The lowest BCUT2D eigenvalue weighted by atomic mass is 9.72. The van der Waals surface area contributed by atoms with Gasteiger partial charge in [0.2, 0.25) is 11.8 Å². The molecule has 4 aliphatic rings. The number of carbonyl (C=O) groups excluding carboxylic acids is 4. The van der Waals surface area contributed by atoms with Gasteiger partial charge in [0.05, 0.1) is 11.1 Å². The fourth-order valence-corrected chi connectivity index (χ4v) is 6.21. The topological polar surface area (TPSA) is 83.6 Å². The highest BCUT2D eigenvalue weighted by Crippen LogP contribution is 2.45. The lowest BCUT2D eigenvalue weighted by Gasteiger charge is -2.33. The number of benzene rings is 1. The first-order valence-electron chi connectivity index (χ1n) is 11.4. The van der Waals surface area contributed by atoms with Crippen LogP contribution in [-0.2, 0) is 9.59 Å². The number of hydrogen-bond donors (Lipinski definition) is 1. The second-order valence-corrected chi connectivity index (χ2v) is 9.37. The van der Waals surface area contributed by atoms with E-state index in [1.54, 1.807) is 6.07 Å². The largest absolute Gasteiger partial charge is 0.295 e. The maximum atomic E-state index is 13.3. The quantitative estimate of drug-likeness (QED) is 0.776. The molecule has 0 spiro atoms. The molecule has 1 saturated heterocycles. The third kappa shape index (κ3) is 3.17. The average Bonchev–Trinajstić information content (AvgIpc) is 3.37. The van der Waals surface area contributed by atoms with Gasteiger partial charge in [-0.15, -0.1) is 0 Å². The van der Waals surface area contributed by atoms with Crippen LogP contribution in [0.25, 0.3) is 0 Å². The zero-order valence-electron chi connectivity index (χ0n) is 17.2. The maximum absolute atomic E-state index is 13.3. The van der Waals surface area contributed by atoms with Gasteiger partial charge in [0.25, 0.3) is 11.8 Å². The van der Waals surface area contributed by atoms with Gasteiger partial charge < -0.3 is 0 Å². The zero-order valence-corrected chi connectivity index (χ0v) is 17.2. The number of amides is 4. The molecule has 6 heteroatoms. The summed E-state index contributed by atoms with van der Waals surface area (Å²) in [4.78, 5) is 51.2. The van der Waals surface area contributed by atoms with E-state index < -0.39 is 17.9 Å². The van der Waals surface area contributed by atoms with Gasteiger partial charge in [0, 0.05) is 6.42 Å². The van der Waals surface area contributed by atoms with Crippen LogP contribution < -0.4 is 5.32 Å². The molecular formula is C24H28N2O4. The summed E-state index contributed by atoms with van der Waals surface area (Å²) in [5.41, 5.74) is 1.85. The van der Waals surface area contributed by atoms with Crippen molar-refractivity contribution < 1.29 is 19.2 Å². The smallest absolute Gasteiger partial charge is 0.262 e. The Hall–Kier alpha value is -2.50. The summed E-state index contributed by atoms with van der Waals surface area (Å²) >= 11 is 0. The molecule has 0 aromatic heterocycles. The van der Waals surface area contributed by atoms with Gasteiger partial charge in [-0.25, -0.2) is 0 Å². The standard InChI is InChI=1S/C24H28N2O4/c27-20-13-12-19(22(28)25-20)26-23(29)18-7-3-6-17(21(18)24(26)30)16-10-8-15(9-11-16)14-4-1-2-5-14/h3,6-7,14-16,19H,1-2,4-5,8-13H2,(H,25,27,28). The van der Waals surface area contributed by atoms with Crippen molar-refractivity contribution in [2.24, 2.45) is 11.8 Å². The summed E-state index contributed by atoms with van der Waals surface area (Å²) in [6.07, 6.45) is 10.3. The van der Waals surface area contributed by atoms with Gasteiger partial charge >= 0.3 is 0 Å². The van der Waals surface area contributed by atoms with E-state index in [-0.39, 0.29) is 30.6 Å². The van der Waals surface area contributed by atoms with Crippen LogP contribution in [0.2, 0.25) is 0 Å². The molecule has 158 valence electrons. The molecule has 2 aliphatic heterocycles. The highest BCUT2D eigenvalue weighted by Gasteiger charge is 2.46. The Kier molecular flexibility index (Phi) is 4.95. The number of rotatable bonds is 3. The lowest BCUT2D eigenvalue weighted by Crippen LogP contribution is -2.54. The molecule has 2 saturated carbocycles. The normalized spacial score (nSPS) is 30.0. The Bertz CT molecular complexity index is 910. The first-order valence-corrected chi connectivity index (χ1v) is 11.4. The Morgan fingerprint density at radius 2 is 1.50 bits per heavy atom. The molecule has 1 N–H and O–H groups in total. The van der Waals surface area contributed by atoms with Crippen LogP contribution in [0.5, 0.6) is 0 Å². The predicted molar refractivity (Wildman–Crippen MR) is 110 cm³/mol. The monoisotopic (exact) mass is 408 g/mol. The number of hydrogen-bond acceptors (Lipinski definition) is 4. The van der Waals surface area contributed by atoms with Crippen molar-refractivity contribution in [2.45, 2.75) is 76.2 Å². The molecule has 5 rings (SSSR count). The summed E-state index contributed by atoms with van der Waals surface area (Å²) in [5, 5.41) is 2.26. The van der Waals surface area contributed by atoms with E-state index in [4.69, 9.17) is 0 Å². The molecule has 2 heterocycles. The Labute approximate surface area is 176 Å². The molecule has 2 aliphatic carbocycles. The van der Waals surface area contributed by atoms with E-state index in [0.717, 1.165) is 35.1 Å². The molecule has 1 aromatic rings. The summed E-state index contributed by atoms with van der Waals surface area (Å²) in [6.45, 7) is 0. The van der Waals surface area contributed by atoms with Gasteiger partial charge in [-0.2, -0.15) is 0 Å². The fourth-order valence-electron chi connectivity index (χ4n) is 6.21. The van der Waals surface area contributed by atoms with Crippen molar-refractivity contribution >= 4 is 23.6 Å². The van der Waals surface area contributed by atoms with Crippen LogP contribution in [0.1, 0.15) is 96.4 Å². The molecule has 1 unspecified atom stereocenters. The van der Waals surface area contributed by atoms with E-state index >= 15 is 0 Å². The van der Waals surface area contributed by atoms with Crippen LogP contribution in [0, 0.1) is 11.8 Å². The van der Waals surface area contributed by atoms with Crippen molar-refractivity contribution in [3.8, 4) is 0 Å². The first-order chi connectivity index (χ1) is 14.5. The predicted octanol–water partition coefficient (Wildman–Crippen LogP) is 3.55. The summed E-state index contributed by atoms with van der Waals surface area (Å²) in [5.74, 6) is 0.267. The Morgan fingerprint density at radius 3 is 2.20 bits per heavy atom. The summed E-state index contributed by atoms with van der Waals surface area (Å²) < 4.78 is 0. The maximum Gasteiger partial charge on any atom is 0.262 e. The highest BCUT2D eigenvalue weighted by atomic mass is 16.2. The van der Waals surface area contributed by atoms with E-state index in [1.165, 1.54) is 38.5 Å². The van der Waals surface area contributed by atoms with Crippen LogP contribution in [0.4, 0.5) is 0 Å². The number of nitrogens with zero attached hydrogens (tertiary/aromatic N) is 1. The molecule has 6 nitrogen and oxygen atoms in total. The molecule has 30 heavy (non-hydrogen) atoms. The average molecular weight is 408 g/mol. The summed E-state index contributed by atoms with van der Waals surface area (Å²) in [7, 11) is 0. The third-order valence-electron chi connectivity index (χ3n) is 7.78. The number of fused-ring (bicyclic) bond motifs is 1. The molecule has 0 radical (unpaired) electrons. The minimum atomic E-state index is -0.902. The van der Waals surface area contributed by atoms with Crippen molar-refractivity contribution in [1.29, 1.82) is 0 Å². The SMILES string of the molecule is O=C1CCC(N2C(=O)c3cccc(C4CCC(C5CCCC5)CC4)c3C2=O)C(=O)N1. The second kappa shape index (κ2) is 7.64. The number of imide groups is 2. The number of carbonyl (C=O) groups is 4. The highest BCUT2D eigenvalue weighted by molar-refractivity contribution is 6.24. The Morgan fingerprint density at radius 1 is 0.800 bits per heavy atom. The van der Waals surface area contributed by atoms with E-state index in [2.05, 4.69) is 5.32 Å². The third-order valence-corrected chi connectivity index (χ3v) is 7.78. The fraction of sp³-hybridized carbons (Fsp3) is 0.583. The van der Waals surface area contributed by atoms with Gasteiger partial charge in [0.15, 0.2) is 0 Å². The Balaban J connectivity index is 1.37. The minimum Gasteiger partial charge on any atom is -0.295 e. The summed E-state index contributed by atoms with van der Waals surface area (Å²) in [6, 6.07) is 4.63. The van der Waals surface area contributed by atoms with Crippen LogP contribution in [0.15, 0.2) is 18.2 Å². The van der Waals surface area contributed by atoms with Gasteiger partial charge in [-0.1, -0.05) is 37.8 Å².